The van der Waals surface area contributed by atoms with Crippen LogP contribution in [0.4, 0.5) is 11.8 Å². The van der Waals surface area contributed by atoms with Gasteiger partial charge >= 0.3 is 0 Å². The molecule has 1 atom stereocenters. The smallest absolute Gasteiger partial charge is 0.225 e. The highest BCUT2D eigenvalue weighted by Crippen LogP contribution is 2.21. The van der Waals surface area contributed by atoms with Crippen molar-refractivity contribution >= 4 is 11.8 Å². The van der Waals surface area contributed by atoms with Crippen LogP contribution in [0.5, 0.6) is 0 Å². The number of pyridine rings is 2. The van der Waals surface area contributed by atoms with E-state index in [0.717, 1.165) is 17.0 Å². The fourth-order valence-electron chi connectivity index (χ4n) is 2.22. The number of nitrogens with zero attached hydrogens (tertiary/aromatic N) is 4. The monoisotopic (exact) mass is 336 g/mol. The maximum atomic E-state index is 9.25. The maximum Gasteiger partial charge on any atom is 0.225 e. The number of aliphatic hydroxyl groups is 1. The lowest BCUT2D eigenvalue weighted by molar-refractivity contribution is 0.281. The van der Waals surface area contributed by atoms with Crippen LogP contribution in [0, 0.1) is 0 Å². The third-order valence-electron chi connectivity index (χ3n) is 3.53. The second-order valence-electron chi connectivity index (χ2n) is 5.60. The second kappa shape index (κ2) is 8.16. The zero-order valence-electron chi connectivity index (χ0n) is 13.9. The SMILES string of the molecule is C[C@H](CO)Nc1nc(NCc2ccccn2)cc(-c2ccncc2)n1. The Bertz CT molecular complexity index is 797. The first-order valence-corrected chi connectivity index (χ1v) is 8.05. The van der Waals surface area contributed by atoms with Gasteiger partial charge in [-0.3, -0.25) is 9.97 Å². The van der Waals surface area contributed by atoms with Gasteiger partial charge in [0.15, 0.2) is 0 Å². The molecule has 0 aliphatic carbocycles. The van der Waals surface area contributed by atoms with Crippen LogP contribution < -0.4 is 10.6 Å². The second-order valence-corrected chi connectivity index (χ2v) is 5.60. The maximum absolute atomic E-state index is 9.25. The molecule has 128 valence electrons. The molecule has 0 fully saturated rings. The van der Waals surface area contributed by atoms with E-state index in [9.17, 15) is 5.11 Å². The number of nitrogens with one attached hydrogen (secondary N) is 2. The normalized spacial score (nSPS) is 11.8. The molecule has 7 nitrogen and oxygen atoms in total. The van der Waals surface area contributed by atoms with E-state index in [1.807, 2.05) is 43.3 Å². The van der Waals surface area contributed by atoms with Crippen molar-refractivity contribution in [1.82, 2.24) is 19.9 Å². The third-order valence-corrected chi connectivity index (χ3v) is 3.53. The summed E-state index contributed by atoms with van der Waals surface area (Å²) >= 11 is 0. The van der Waals surface area contributed by atoms with Crippen LogP contribution in [0.1, 0.15) is 12.6 Å². The zero-order valence-corrected chi connectivity index (χ0v) is 13.9. The fourth-order valence-corrected chi connectivity index (χ4v) is 2.22. The van der Waals surface area contributed by atoms with Crippen LogP contribution in [0.15, 0.2) is 55.0 Å². The van der Waals surface area contributed by atoms with Crippen LogP contribution in [-0.4, -0.2) is 37.7 Å². The summed E-state index contributed by atoms with van der Waals surface area (Å²) in [5.41, 5.74) is 2.64. The Morgan fingerprint density at radius 1 is 1.08 bits per heavy atom. The van der Waals surface area contributed by atoms with Gasteiger partial charge in [-0.15, -0.1) is 0 Å². The fraction of sp³-hybridized carbons (Fsp3) is 0.222. The molecule has 0 aliphatic rings. The number of anilines is 2. The highest BCUT2D eigenvalue weighted by Gasteiger charge is 2.09. The molecular weight excluding hydrogens is 316 g/mol. The van der Waals surface area contributed by atoms with Crippen molar-refractivity contribution in [3.63, 3.8) is 0 Å². The lowest BCUT2D eigenvalue weighted by Crippen LogP contribution is -2.21. The summed E-state index contributed by atoms with van der Waals surface area (Å²) in [4.78, 5) is 17.3. The Morgan fingerprint density at radius 2 is 1.92 bits per heavy atom. The van der Waals surface area contributed by atoms with Crippen LogP contribution in [0.25, 0.3) is 11.3 Å². The van der Waals surface area contributed by atoms with Gasteiger partial charge in [-0.1, -0.05) is 6.07 Å². The van der Waals surface area contributed by atoms with Gasteiger partial charge in [-0.05, 0) is 31.2 Å². The van der Waals surface area contributed by atoms with Crippen molar-refractivity contribution in [2.45, 2.75) is 19.5 Å². The van der Waals surface area contributed by atoms with Crippen molar-refractivity contribution in [3.8, 4) is 11.3 Å². The van der Waals surface area contributed by atoms with E-state index in [-0.39, 0.29) is 12.6 Å². The molecule has 3 rings (SSSR count). The first kappa shape index (κ1) is 16.8. The summed E-state index contributed by atoms with van der Waals surface area (Å²) in [6.07, 6.45) is 5.21. The zero-order chi connectivity index (χ0) is 17.5. The minimum Gasteiger partial charge on any atom is -0.394 e. The Labute approximate surface area is 146 Å². The molecule has 0 bridgehead atoms. The number of aromatic nitrogens is 4. The van der Waals surface area contributed by atoms with E-state index in [4.69, 9.17) is 0 Å². The highest BCUT2D eigenvalue weighted by atomic mass is 16.3. The Hall–Kier alpha value is -3.06. The van der Waals surface area contributed by atoms with Crippen LogP contribution in [0.2, 0.25) is 0 Å². The van der Waals surface area contributed by atoms with Crippen molar-refractivity contribution < 1.29 is 5.11 Å². The summed E-state index contributed by atoms with van der Waals surface area (Å²) in [5, 5.41) is 15.6. The summed E-state index contributed by atoms with van der Waals surface area (Å²) in [6.45, 7) is 2.42. The van der Waals surface area contributed by atoms with Gasteiger partial charge in [0.25, 0.3) is 0 Å². The predicted octanol–water partition coefficient (Wildman–Crippen LogP) is 2.34. The number of hydrogen-bond donors (Lipinski definition) is 3. The van der Waals surface area contributed by atoms with Crippen LogP contribution in [0.3, 0.4) is 0 Å². The van der Waals surface area contributed by atoms with Gasteiger partial charge in [-0.25, -0.2) is 4.98 Å². The minimum absolute atomic E-state index is 0.000455. The van der Waals surface area contributed by atoms with Gasteiger partial charge in [0.1, 0.15) is 5.82 Å². The van der Waals surface area contributed by atoms with Gasteiger partial charge in [0.05, 0.1) is 24.5 Å². The molecular formula is C18H20N6O. The molecule has 3 heterocycles. The summed E-state index contributed by atoms with van der Waals surface area (Å²) in [7, 11) is 0. The van der Waals surface area contributed by atoms with E-state index in [1.165, 1.54) is 0 Å². The predicted molar refractivity (Wildman–Crippen MR) is 97.0 cm³/mol. The molecule has 3 aromatic heterocycles. The molecule has 0 unspecified atom stereocenters. The Morgan fingerprint density at radius 3 is 2.64 bits per heavy atom. The van der Waals surface area contributed by atoms with E-state index in [1.54, 1.807) is 18.6 Å². The van der Waals surface area contributed by atoms with Crippen molar-refractivity contribution in [1.29, 1.82) is 0 Å². The average Bonchev–Trinajstić information content (AvgIpc) is 2.67. The quantitative estimate of drug-likeness (QED) is 0.609. The molecule has 0 amide bonds. The lowest BCUT2D eigenvalue weighted by Gasteiger charge is -2.14. The standard InChI is InChI=1S/C18H20N6O/c1-13(12-25)22-18-23-16(14-5-8-19-9-6-14)10-17(24-18)21-11-15-4-2-3-7-20-15/h2-10,13,25H,11-12H2,1H3,(H2,21,22,23,24)/t13-/m1/s1. The van der Waals surface area contributed by atoms with E-state index in [2.05, 4.69) is 30.6 Å². The molecule has 3 N–H and O–H groups in total. The molecule has 0 saturated heterocycles. The topological polar surface area (TPSA) is 95.8 Å². The average molecular weight is 336 g/mol. The third kappa shape index (κ3) is 4.71. The summed E-state index contributed by atoms with van der Waals surface area (Å²) in [5.74, 6) is 1.14. The van der Waals surface area contributed by atoms with Gasteiger partial charge in [0, 0.05) is 36.3 Å². The largest absolute Gasteiger partial charge is 0.394 e. The minimum atomic E-state index is -0.142. The Balaban J connectivity index is 1.86. The Kier molecular flexibility index (Phi) is 5.48. The summed E-state index contributed by atoms with van der Waals surface area (Å²) in [6, 6.07) is 11.3. The molecule has 0 spiro atoms. The first-order valence-electron chi connectivity index (χ1n) is 8.05. The van der Waals surface area contributed by atoms with Gasteiger partial charge < -0.3 is 15.7 Å². The first-order chi connectivity index (χ1) is 12.2. The van der Waals surface area contributed by atoms with Gasteiger partial charge in [-0.2, -0.15) is 4.98 Å². The van der Waals surface area contributed by atoms with Crippen molar-refractivity contribution in [2.24, 2.45) is 0 Å². The lowest BCUT2D eigenvalue weighted by atomic mass is 10.2. The molecule has 3 aromatic rings. The van der Waals surface area contributed by atoms with E-state index < -0.39 is 0 Å². The summed E-state index contributed by atoms with van der Waals surface area (Å²) < 4.78 is 0. The highest BCUT2D eigenvalue weighted by molar-refractivity contribution is 5.63. The molecule has 7 heteroatoms. The van der Waals surface area contributed by atoms with Crippen LogP contribution in [-0.2, 0) is 6.54 Å². The molecule has 0 radical (unpaired) electrons. The molecule has 0 aliphatic heterocycles. The van der Waals surface area contributed by atoms with Crippen molar-refractivity contribution in [2.75, 3.05) is 17.2 Å². The number of aliphatic hydroxyl groups excluding tert-OH is 1. The van der Waals surface area contributed by atoms with E-state index >= 15 is 0 Å². The van der Waals surface area contributed by atoms with Crippen LogP contribution >= 0.6 is 0 Å². The molecule has 0 aromatic carbocycles. The number of rotatable bonds is 7. The number of hydrogen-bond acceptors (Lipinski definition) is 7. The van der Waals surface area contributed by atoms with Crippen molar-refractivity contribution in [3.05, 3.63) is 60.7 Å². The molecule has 0 saturated carbocycles. The van der Waals surface area contributed by atoms with E-state index in [0.29, 0.717) is 18.3 Å². The van der Waals surface area contributed by atoms with Gasteiger partial charge in [0.2, 0.25) is 5.95 Å². The molecule has 25 heavy (non-hydrogen) atoms.